The van der Waals surface area contributed by atoms with Crippen LogP contribution in [0, 0.1) is 12.8 Å². The average molecular weight is 335 g/mol. The topological polar surface area (TPSA) is 74.7 Å². The van der Waals surface area contributed by atoms with Crippen LogP contribution < -0.4 is 0 Å². The molecule has 0 spiro atoms. The van der Waals surface area contributed by atoms with E-state index in [1.165, 1.54) is 23.6 Å². The minimum absolute atomic E-state index is 0.0188. The van der Waals surface area contributed by atoms with Crippen molar-refractivity contribution in [2.24, 2.45) is 5.92 Å². The van der Waals surface area contributed by atoms with Crippen molar-refractivity contribution >= 4 is 28.8 Å². The summed E-state index contributed by atoms with van der Waals surface area (Å²) in [5, 5.41) is 9.54. The number of carbonyl (C=O) groups is 3. The number of carbonyl (C=O) groups excluding carboxylic acids is 2. The second-order valence-electron chi connectivity index (χ2n) is 5.96. The van der Waals surface area contributed by atoms with Gasteiger partial charge in [0.05, 0.1) is 0 Å². The van der Waals surface area contributed by atoms with Crippen LogP contribution >= 0.6 is 11.8 Å². The molecule has 6 heteroatoms. The number of aliphatic carboxylic acids is 1. The van der Waals surface area contributed by atoms with Gasteiger partial charge in [-0.25, -0.2) is 4.79 Å². The fourth-order valence-corrected chi connectivity index (χ4v) is 3.43. The maximum absolute atomic E-state index is 12.2. The van der Waals surface area contributed by atoms with Crippen LogP contribution in [0.2, 0.25) is 0 Å². The summed E-state index contributed by atoms with van der Waals surface area (Å²) in [5.74, 6) is -0.525. The molecule has 1 N–H and O–H groups in total. The van der Waals surface area contributed by atoms with Crippen LogP contribution in [0.4, 0.5) is 0 Å². The van der Waals surface area contributed by atoms with Gasteiger partial charge in [-0.2, -0.15) is 0 Å². The number of likely N-dealkylation sites (tertiary alicyclic amines) is 1. The molecule has 23 heavy (non-hydrogen) atoms. The Hall–Kier alpha value is -1.82. The Balaban J connectivity index is 2.05. The third kappa shape index (κ3) is 4.82. The van der Waals surface area contributed by atoms with Gasteiger partial charge in [-0.1, -0.05) is 41.6 Å². The number of nitrogens with zero attached hydrogens (tertiary/aromatic N) is 1. The van der Waals surface area contributed by atoms with E-state index >= 15 is 0 Å². The molecule has 2 rings (SSSR count). The van der Waals surface area contributed by atoms with Gasteiger partial charge in [0.1, 0.15) is 6.04 Å². The molecule has 2 atom stereocenters. The smallest absolute Gasteiger partial charge is 0.326 e. The lowest BCUT2D eigenvalue weighted by atomic mass is 10.0. The van der Waals surface area contributed by atoms with E-state index in [2.05, 4.69) is 0 Å². The van der Waals surface area contributed by atoms with Crippen LogP contribution in [0.1, 0.15) is 24.5 Å². The summed E-state index contributed by atoms with van der Waals surface area (Å²) in [6.07, 6.45) is 0.617. The Bertz CT molecular complexity index is 599. The first-order valence-corrected chi connectivity index (χ1v) is 8.56. The first-order chi connectivity index (χ1) is 10.9. The molecule has 5 nitrogen and oxygen atoms in total. The molecule has 124 valence electrons. The van der Waals surface area contributed by atoms with Gasteiger partial charge < -0.3 is 10.0 Å². The molecule has 1 aliphatic heterocycles. The quantitative estimate of drug-likeness (QED) is 0.862. The second kappa shape index (κ2) is 7.64. The van der Waals surface area contributed by atoms with Gasteiger partial charge in [0, 0.05) is 32.1 Å². The molecule has 1 aliphatic rings. The number of thioether (sulfide) groups is 1. The fourth-order valence-electron chi connectivity index (χ4n) is 2.73. The third-order valence-corrected chi connectivity index (χ3v) is 5.02. The molecular formula is C17H21NO4S. The minimum atomic E-state index is -0.987. The van der Waals surface area contributed by atoms with E-state index in [0.717, 1.165) is 11.1 Å². The number of benzene rings is 1. The van der Waals surface area contributed by atoms with Gasteiger partial charge in [-0.15, -0.1) is 0 Å². The lowest BCUT2D eigenvalue weighted by Crippen LogP contribution is -2.43. The van der Waals surface area contributed by atoms with E-state index in [1.807, 2.05) is 31.2 Å². The second-order valence-corrected chi connectivity index (χ2v) is 7.16. The van der Waals surface area contributed by atoms with Gasteiger partial charge in [0.15, 0.2) is 5.12 Å². The zero-order valence-corrected chi connectivity index (χ0v) is 14.1. The molecule has 0 saturated carbocycles. The van der Waals surface area contributed by atoms with Crippen LogP contribution in [0.25, 0.3) is 0 Å². The molecule has 1 aromatic rings. The van der Waals surface area contributed by atoms with Gasteiger partial charge in [0.2, 0.25) is 5.91 Å². The number of hydrogen-bond acceptors (Lipinski definition) is 4. The number of carboxylic acid groups (broad SMARTS) is 1. The summed E-state index contributed by atoms with van der Waals surface area (Å²) in [6.45, 7) is 3.87. The number of aryl methyl sites for hydroxylation is 1. The Morgan fingerprint density at radius 3 is 2.57 bits per heavy atom. The maximum atomic E-state index is 12.2. The van der Waals surface area contributed by atoms with Crippen molar-refractivity contribution in [2.45, 2.75) is 32.7 Å². The molecule has 1 saturated heterocycles. The molecule has 1 fully saturated rings. The summed E-state index contributed by atoms with van der Waals surface area (Å²) in [7, 11) is 0. The number of carboxylic acids is 1. The van der Waals surface area contributed by atoms with Crippen LogP contribution in [0.5, 0.6) is 0 Å². The molecule has 0 bridgehead atoms. The van der Waals surface area contributed by atoms with Crippen molar-refractivity contribution in [3.8, 4) is 0 Å². The standard InChI is InChI=1S/C17H21NO4S/c1-11-3-5-13(6-4-11)7-15(17(21)22)18-9-14(8-16(18)20)10-23-12(2)19/h3-6,14-15H,7-10H2,1-2H3,(H,21,22)/t14?,15-/m0/s1. The van der Waals surface area contributed by atoms with Gasteiger partial charge in [-0.3, -0.25) is 9.59 Å². The van der Waals surface area contributed by atoms with Gasteiger partial charge in [-0.05, 0) is 18.4 Å². The Kier molecular flexibility index (Phi) is 5.82. The molecular weight excluding hydrogens is 314 g/mol. The fraction of sp³-hybridized carbons (Fsp3) is 0.471. The first kappa shape index (κ1) is 17.5. The largest absolute Gasteiger partial charge is 0.480 e. The van der Waals surface area contributed by atoms with Crippen molar-refractivity contribution in [1.29, 1.82) is 0 Å². The van der Waals surface area contributed by atoms with Crippen molar-refractivity contribution in [3.63, 3.8) is 0 Å². The molecule has 1 amide bonds. The zero-order chi connectivity index (χ0) is 17.0. The molecule has 0 aliphatic carbocycles. The SMILES string of the molecule is CC(=O)SCC1CC(=O)N([C@@H](Cc2ccc(C)cc2)C(=O)O)C1. The highest BCUT2D eigenvalue weighted by Gasteiger charge is 2.37. The monoisotopic (exact) mass is 335 g/mol. The summed E-state index contributed by atoms with van der Waals surface area (Å²) >= 11 is 1.19. The summed E-state index contributed by atoms with van der Waals surface area (Å²) in [6, 6.07) is 6.82. The van der Waals surface area contributed by atoms with Crippen molar-refractivity contribution < 1.29 is 19.5 Å². The van der Waals surface area contributed by atoms with E-state index in [1.54, 1.807) is 0 Å². The highest BCUT2D eigenvalue weighted by atomic mass is 32.2. The Labute approximate surface area is 140 Å². The minimum Gasteiger partial charge on any atom is -0.480 e. The van der Waals surface area contributed by atoms with Gasteiger partial charge >= 0.3 is 5.97 Å². The van der Waals surface area contributed by atoms with Gasteiger partial charge in [0.25, 0.3) is 0 Å². The molecule has 1 heterocycles. The Morgan fingerprint density at radius 2 is 2.00 bits per heavy atom. The van der Waals surface area contributed by atoms with Crippen LogP contribution in [0.15, 0.2) is 24.3 Å². The molecule has 1 aromatic carbocycles. The molecule has 0 aromatic heterocycles. The highest BCUT2D eigenvalue weighted by molar-refractivity contribution is 8.13. The zero-order valence-electron chi connectivity index (χ0n) is 13.3. The van der Waals surface area contributed by atoms with E-state index in [-0.39, 0.29) is 16.9 Å². The number of rotatable bonds is 6. The van der Waals surface area contributed by atoms with E-state index in [0.29, 0.717) is 25.1 Å². The number of amides is 1. The van der Waals surface area contributed by atoms with Crippen molar-refractivity contribution in [3.05, 3.63) is 35.4 Å². The molecule has 1 unspecified atom stereocenters. The first-order valence-electron chi connectivity index (χ1n) is 7.58. The Morgan fingerprint density at radius 1 is 1.35 bits per heavy atom. The van der Waals surface area contributed by atoms with Crippen molar-refractivity contribution in [1.82, 2.24) is 4.90 Å². The van der Waals surface area contributed by atoms with Crippen LogP contribution in [-0.4, -0.2) is 45.3 Å². The molecule has 0 radical (unpaired) electrons. The van der Waals surface area contributed by atoms with Crippen LogP contribution in [0.3, 0.4) is 0 Å². The normalized spacial score (nSPS) is 19.0. The lowest BCUT2D eigenvalue weighted by molar-refractivity contribution is -0.148. The maximum Gasteiger partial charge on any atom is 0.326 e. The van der Waals surface area contributed by atoms with E-state index in [9.17, 15) is 19.5 Å². The summed E-state index contributed by atoms with van der Waals surface area (Å²) in [4.78, 5) is 36.3. The predicted molar refractivity (Wildman–Crippen MR) is 89.3 cm³/mol. The van der Waals surface area contributed by atoms with Crippen LogP contribution in [-0.2, 0) is 20.8 Å². The summed E-state index contributed by atoms with van der Waals surface area (Å²) < 4.78 is 0. The lowest BCUT2D eigenvalue weighted by Gasteiger charge is -2.25. The predicted octanol–water partition coefficient (Wildman–Crippen LogP) is 2.12. The summed E-state index contributed by atoms with van der Waals surface area (Å²) in [5.41, 5.74) is 2.01. The number of hydrogen-bond donors (Lipinski definition) is 1. The van der Waals surface area contributed by atoms with E-state index < -0.39 is 12.0 Å². The highest BCUT2D eigenvalue weighted by Crippen LogP contribution is 2.25. The third-order valence-electron chi connectivity index (χ3n) is 3.97. The van der Waals surface area contributed by atoms with E-state index in [4.69, 9.17) is 0 Å². The van der Waals surface area contributed by atoms with Crippen molar-refractivity contribution in [2.75, 3.05) is 12.3 Å². The average Bonchev–Trinajstić information content (AvgIpc) is 2.85.